The van der Waals surface area contributed by atoms with Crippen molar-refractivity contribution >= 4 is 28.0 Å². The van der Waals surface area contributed by atoms with Gasteiger partial charge in [0.1, 0.15) is 5.00 Å². The van der Waals surface area contributed by atoms with Crippen molar-refractivity contribution in [1.29, 1.82) is 0 Å². The smallest absolute Gasteiger partial charge is 0.264 e. The van der Waals surface area contributed by atoms with Gasteiger partial charge in [-0.05, 0) is 13.0 Å². The summed E-state index contributed by atoms with van der Waals surface area (Å²) in [5, 5.41) is 3.65. The highest BCUT2D eigenvalue weighted by molar-refractivity contribution is 7.16. The van der Waals surface area contributed by atoms with Gasteiger partial charge >= 0.3 is 0 Å². The molecule has 0 saturated heterocycles. The molecule has 0 fully saturated rings. The number of rotatable bonds is 1. The number of thiophene rings is 1. The van der Waals surface area contributed by atoms with Crippen LogP contribution >= 0.6 is 11.3 Å². The van der Waals surface area contributed by atoms with Crippen molar-refractivity contribution in [3.63, 3.8) is 0 Å². The Balaban J connectivity index is 2.20. The summed E-state index contributed by atoms with van der Waals surface area (Å²) in [6.45, 7) is 2.01. The third-order valence-corrected chi connectivity index (χ3v) is 3.90. The van der Waals surface area contributed by atoms with Crippen molar-refractivity contribution in [1.82, 2.24) is 0 Å². The lowest BCUT2D eigenvalue weighted by atomic mass is 10.0. The van der Waals surface area contributed by atoms with Crippen molar-refractivity contribution in [2.75, 3.05) is 5.32 Å². The van der Waals surface area contributed by atoms with E-state index in [1.54, 1.807) is 0 Å². The zero-order valence-electron chi connectivity index (χ0n) is 10.4. The van der Waals surface area contributed by atoms with Crippen LogP contribution in [-0.4, -0.2) is 17.8 Å². The first kappa shape index (κ1) is 12.1. The van der Waals surface area contributed by atoms with E-state index in [4.69, 9.17) is 5.73 Å². The number of hydrogen-bond acceptors (Lipinski definition) is 4. The van der Waals surface area contributed by atoms with Crippen LogP contribution in [0.15, 0.2) is 41.4 Å². The third-order valence-electron chi connectivity index (χ3n) is 2.93. The van der Waals surface area contributed by atoms with E-state index in [-0.39, 0.29) is 5.91 Å². The summed E-state index contributed by atoms with van der Waals surface area (Å²) >= 11 is 1.54. The number of nitrogens with one attached hydrogen (secondary N) is 1. The second kappa shape index (κ2) is 4.60. The summed E-state index contributed by atoms with van der Waals surface area (Å²) in [4.78, 5) is 17.3. The summed E-state index contributed by atoms with van der Waals surface area (Å²) in [5.41, 5.74) is 8.46. The number of aliphatic imine (C=N–C) groups is 1. The number of aryl methyl sites for hydroxylation is 1. The first-order valence-corrected chi connectivity index (χ1v) is 6.77. The van der Waals surface area contributed by atoms with Crippen LogP contribution in [0.25, 0.3) is 0 Å². The summed E-state index contributed by atoms with van der Waals surface area (Å²) in [5.74, 6) is -0.269. The molecule has 0 saturated carbocycles. The van der Waals surface area contributed by atoms with Gasteiger partial charge in [0, 0.05) is 16.0 Å². The van der Waals surface area contributed by atoms with Crippen molar-refractivity contribution in [2.45, 2.75) is 13.1 Å². The lowest BCUT2D eigenvalue weighted by Crippen LogP contribution is -2.33. The van der Waals surface area contributed by atoms with Crippen LogP contribution in [0.1, 0.15) is 16.0 Å². The first-order chi connectivity index (χ1) is 9.15. The second-order valence-corrected chi connectivity index (χ2v) is 5.63. The Morgan fingerprint density at radius 1 is 1.32 bits per heavy atom. The number of nitrogens with zero attached hydrogens (tertiary/aromatic N) is 1. The minimum atomic E-state index is -0.866. The second-order valence-electron chi connectivity index (χ2n) is 4.38. The van der Waals surface area contributed by atoms with E-state index in [1.165, 1.54) is 11.3 Å². The van der Waals surface area contributed by atoms with Crippen LogP contribution in [0.3, 0.4) is 0 Å². The highest BCUT2D eigenvalue weighted by Crippen LogP contribution is 2.31. The molecule has 1 amide bonds. The number of fused-ring (bicyclic) bond motifs is 1. The van der Waals surface area contributed by atoms with Gasteiger partial charge < -0.3 is 11.1 Å². The van der Waals surface area contributed by atoms with Gasteiger partial charge in [0.25, 0.3) is 5.91 Å². The number of hydrogen-bond donors (Lipinski definition) is 2. The summed E-state index contributed by atoms with van der Waals surface area (Å²) < 4.78 is 0. The fraction of sp³-hybridized carbons (Fsp3) is 0.143. The van der Waals surface area contributed by atoms with E-state index in [2.05, 4.69) is 10.3 Å². The molecule has 2 heterocycles. The van der Waals surface area contributed by atoms with Gasteiger partial charge in [-0.3, -0.25) is 9.79 Å². The Hall–Kier alpha value is -1.98. The Morgan fingerprint density at radius 3 is 2.79 bits per heavy atom. The molecule has 0 radical (unpaired) electrons. The van der Waals surface area contributed by atoms with E-state index >= 15 is 0 Å². The van der Waals surface area contributed by atoms with Crippen LogP contribution < -0.4 is 11.1 Å². The van der Waals surface area contributed by atoms with Crippen molar-refractivity contribution in [2.24, 2.45) is 10.7 Å². The summed E-state index contributed by atoms with van der Waals surface area (Å²) in [7, 11) is 0. The first-order valence-electron chi connectivity index (χ1n) is 5.95. The maximum atomic E-state index is 11.8. The molecule has 1 aromatic carbocycles. The Bertz CT molecular complexity index is 661. The molecule has 3 rings (SSSR count). The van der Waals surface area contributed by atoms with E-state index in [0.29, 0.717) is 0 Å². The standard InChI is InChI=1S/C14H13N3OS/c1-8-7-10-11(9-5-3-2-4-6-9)16-12(15)13(18)17-14(10)19-8/h2-7,12H,15H2,1H3,(H,17,18). The molecule has 4 nitrogen and oxygen atoms in total. The van der Waals surface area contributed by atoms with E-state index < -0.39 is 6.17 Å². The molecule has 1 aliphatic heterocycles. The number of nitrogens with two attached hydrogens (primary N) is 1. The van der Waals surface area contributed by atoms with Gasteiger partial charge in [0.2, 0.25) is 0 Å². The molecule has 0 aliphatic carbocycles. The minimum Gasteiger partial charge on any atom is -0.314 e. The number of carbonyl (C=O) groups excluding carboxylic acids is 1. The van der Waals surface area contributed by atoms with Gasteiger partial charge in [-0.25, -0.2) is 0 Å². The molecule has 3 N–H and O–H groups in total. The Labute approximate surface area is 115 Å². The largest absolute Gasteiger partial charge is 0.314 e. The zero-order valence-corrected chi connectivity index (χ0v) is 11.2. The summed E-state index contributed by atoms with van der Waals surface area (Å²) in [6.07, 6.45) is -0.866. The number of carbonyl (C=O) groups is 1. The van der Waals surface area contributed by atoms with Crippen molar-refractivity contribution in [3.8, 4) is 0 Å². The normalized spacial score (nSPS) is 18.3. The van der Waals surface area contributed by atoms with Gasteiger partial charge in [0.15, 0.2) is 6.17 Å². The van der Waals surface area contributed by atoms with Crippen molar-refractivity contribution < 1.29 is 4.79 Å². The maximum Gasteiger partial charge on any atom is 0.264 e. The van der Waals surface area contributed by atoms with E-state index in [1.807, 2.05) is 43.3 Å². The van der Waals surface area contributed by atoms with E-state index in [9.17, 15) is 4.79 Å². The Kier molecular flexibility index (Phi) is 2.93. The average Bonchev–Trinajstić information content (AvgIpc) is 2.72. The van der Waals surface area contributed by atoms with Crippen molar-refractivity contribution in [3.05, 3.63) is 52.4 Å². The van der Waals surface area contributed by atoms with Gasteiger partial charge in [0.05, 0.1) is 5.71 Å². The fourth-order valence-corrected chi connectivity index (χ4v) is 2.98. The fourth-order valence-electron chi connectivity index (χ4n) is 2.06. The molecule has 1 atom stereocenters. The zero-order chi connectivity index (χ0) is 13.4. The molecule has 1 aromatic heterocycles. The number of benzene rings is 1. The monoisotopic (exact) mass is 271 g/mol. The average molecular weight is 271 g/mol. The van der Waals surface area contributed by atoms with Crippen LogP contribution in [0.4, 0.5) is 5.00 Å². The molecule has 2 aromatic rings. The highest BCUT2D eigenvalue weighted by Gasteiger charge is 2.24. The van der Waals surface area contributed by atoms with Gasteiger partial charge in [-0.15, -0.1) is 11.3 Å². The van der Waals surface area contributed by atoms with Crippen LogP contribution in [0, 0.1) is 6.92 Å². The lowest BCUT2D eigenvalue weighted by Gasteiger charge is -2.05. The molecule has 1 aliphatic rings. The number of amides is 1. The van der Waals surface area contributed by atoms with Crippen LogP contribution in [-0.2, 0) is 4.79 Å². The molecular formula is C14H13N3OS. The lowest BCUT2D eigenvalue weighted by molar-refractivity contribution is -0.117. The number of anilines is 1. The maximum absolute atomic E-state index is 11.8. The minimum absolute atomic E-state index is 0.269. The molecule has 19 heavy (non-hydrogen) atoms. The predicted octanol–water partition coefficient (Wildman–Crippen LogP) is 2.13. The predicted molar refractivity (Wildman–Crippen MR) is 77.7 cm³/mol. The quantitative estimate of drug-likeness (QED) is 0.834. The highest BCUT2D eigenvalue weighted by atomic mass is 32.1. The van der Waals surface area contributed by atoms with E-state index in [0.717, 1.165) is 26.7 Å². The third kappa shape index (κ3) is 2.18. The van der Waals surface area contributed by atoms with Crippen LogP contribution in [0.2, 0.25) is 0 Å². The molecule has 0 bridgehead atoms. The SMILES string of the molecule is Cc1cc2c(s1)NC(=O)C(N)N=C2c1ccccc1. The summed E-state index contributed by atoms with van der Waals surface area (Å²) in [6, 6.07) is 11.8. The molecule has 5 heteroatoms. The molecule has 96 valence electrons. The molecule has 1 unspecified atom stereocenters. The Morgan fingerprint density at radius 2 is 2.05 bits per heavy atom. The van der Waals surface area contributed by atoms with Gasteiger partial charge in [-0.1, -0.05) is 30.3 Å². The van der Waals surface area contributed by atoms with Gasteiger partial charge in [-0.2, -0.15) is 0 Å². The molecular weight excluding hydrogens is 258 g/mol. The van der Waals surface area contributed by atoms with Crippen LogP contribution in [0.5, 0.6) is 0 Å². The topological polar surface area (TPSA) is 67.5 Å². The molecule has 0 spiro atoms.